The fourth-order valence-corrected chi connectivity index (χ4v) is 6.57. The van der Waals surface area contributed by atoms with E-state index in [1.807, 2.05) is 0 Å². The van der Waals surface area contributed by atoms with Crippen molar-refractivity contribution >= 4 is 5.97 Å². The minimum atomic E-state index is -0.0723. The van der Waals surface area contributed by atoms with Crippen LogP contribution in [0.15, 0.2) is 24.3 Å². The minimum Gasteiger partial charge on any atom is -0.426 e. The van der Waals surface area contributed by atoms with Crippen LogP contribution in [0.5, 0.6) is 5.75 Å². The molecule has 150 valence electrons. The van der Waals surface area contributed by atoms with Crippen LogP contribution >= 0.6 is 0 Å². The average molecular weight is 380 g/mol. The zero-order chi connectivity index (χ0) is 19.5. The lowest BCUT2D eigenvalue weighted by atomic mass is 9.55. The van der Waals surface area contributed by atoms with Crippen LogP contribution in [0, 0.1) is 46.8 Å². The minimum absolute atomic E-state index is 0.0462. The van der Waals surface area contributed by atoms with Gasteiger partial charge in [0.05, 0.1) is 17.6 Å². The lowest BCUT2D eigenvalue weighted by molar-refractivity contribution is -0.142. The van der Waals surface area contributed by atoms with Gasteiger partial charge in [0.1, 0.15) is 5.75 Å². The van der Waals surface area contributed by atoms with Gasteiger partial charge in [-0.1, -0.05) is 26.2 Å². The van der Waals surface area contributed by atoms with Crippen LogP contribution in [0.25, 0.3) is 0 Å². The van der Waals surface area contributed by atoms with Crippen LogP contribution in [0.4, 0.5) is 0 Å². The molecule has 1 aromatic rings. The highest BCUT2D eigenvalue weighted by molar-refractivity contribution is 5.75. The Morgan fingerprint density at radius 1 is 1.00 bits per heavy atom. The van der Waals surface area contributed by atoms with Crippen molar-refractivity contribution in [3.63, 3.8) is 0 Å². The first-order valence-corrected chi connectivity index (χ1v) is 11.4. The Hall–Kier alpha value is -1.82. The number of nitriles is 1. The number of hydrogen-bond acceptors (Lipinski definition) is 3. The smallest absolute Gasteiger partial charge is 0.314 e. The number of fused-ring (bicyclic) bond motifs is 3. The third-order valence-corrected chi connectivity index (χ3v) is 7.88. The van der Waals surface area contributed by atoms with Crippen molar-refractivity contribution < 1.29 is 9.53 Å². The largest absolute Gasteiger partial charge is 0.426 e. The molecule has 1 aromatic carbocycles. The van der Waals surface area contributed by atoms with Crippen molar-refractivity contribution in [3.05, 3.63) is 29.8 Å². The first-order valence-electron chi connectivity index (χ1n) is 11.4. The number of hydrogen-bond donors (Lipinski definition) is 0. The maximum absolute atomic E-state index is 12.7. The summed E-state index contributed by atoms with van der Waals surface area (Å²) in [4.78, 5) is 12.7. The Labute approximate surface area is 169 Å². The van der Waals surface area contributed by atoms with E-state index in [1.165, 1.54) is 51.4 Å². The summed E-state index contributed by atoms with van der Waals surface area (Å²) in [5, 5.41) is 8.89. The maximum atomic E-state index is 12.7. The van der Waals surface area contributed by atoms with Crippen molar-refractivity contribution in [2.45, 2.75) is 71.1 Å². The Kier molecular flexibility index (Phi) is 6.04. The SMILES string of the molecule is CCCC1CCC2C(CCC3CC(C(=O)Oc4ccc(C#N)cc4)CCC32)C1. The van der Waals surface area contributed by atoms with Crippen molar-refractivity contribution in [3.8, 4) is 11.8 Å². The number of ether oxygens (including phenoxy) is 1. The highest BCUT2D eigenvalue weighted by atomic mass is 16.5. The third-order valence-electron chi connectivity index (χ3n) is 7.88. The fourth-order valence-electron chi connectivity index (χ4n) is 6.57. The van der Waals surface area contributed by atoms with E-state index in [1.54, 1.807) is 24.3 Å². The first-order chi connectivity index (χ1) is 13.7. The normalized spacial score (nSPS) is 34.6. The highest BCUT2D eigenvalue weighted by Gasteiger charge is 2.45. The summed E-state index contributed by atoms with van der Waals surface area (Å²) in [7, 11) is 0. The molecule has 3 fully saturated rings. The van der Waals surface area contributed by atoms with Gasteiger partial charge in [-0.05, 0) is 98.8 Å². The first kappa shape index (κ1) is 19.5. The second-order valence-electron chi connectivity index (χ2n) is 9.46. The Morgan fingerprint density at radius 3 is 2.36 bits per heavy atom. The molecular weight excluding hydrogens is 346 g/mol. The summed E-state index contributed by atoms with van der Waals surface area (Å²) in [5.74, 6) is 4.94. The van der Waals surface area contributed by atoms with E-state index in [4.69, 9.17) is 10.00 Å². The van der Waals surface area contributed by atoms with E-state index >= 15 is 0 Å². The van der Waals surface area contributed by atoms with Crippen molar-refractivity contribution in [2.75, 3.05) is 0 Å². The van der Waals surface area contributed by atoms with Crippen LogP contribution in [-0.2, 0) is 4.79 Å². The number of esters is 1. The van der Waals surface area contributed by atoms with E-state index in [0.717, 1.165) is 42.4 Å². The lowest BCUT2D eigenvalue weighted by Gasteiger charge is -2.50. The van der Waals surface area contributed by atoms with Gasteiger partial charge in [0.25, 0.3) is 0 Å². The maximum Gasteiger partial charge on any atom is 0.314 e. The van der Waals surface area contributed by atoms with Gasteiger partial charge >= 0.3 is 5.97 Å². The molecule has 3 aliphatic carbocycles. The molecule has 0 radical (unpaired) electrons. The zero-order valence-corrected chi connectivity index (χ0v) is 17.1. The topological polar surface area (TPSA) is 50.1 Å². The number of rotatable bonds is 4. The quantitative estimate of drug-likeness (QED) is 0.467. The van der Waals surface area contributed by atoms with Crippen LogP contribution in [0.2, 0.25) is 0 Å². The molecule has 3 saturated carbocycles. The third kappa shape index (κ3) is 4.12. The molecule has 3 heteroatoms. The van der Waals surface area contributed by atoms with Crippen LogP contribution < -0.4 is 4.74 Å². The monoisotopic (exact) mass is 379 g/mol. The van der Waals surface area contributed by atoms with Crippen molar-refractivity contribution in [1.29, 1.82) is 5.26 Å². The van der Waals surface area contributed by atoms with Gasteiger partial charge in [0, 0.05) is 0 Å². The van der Waals surface area contributed by atoms with Crippen molar-refractivity contribution in [2.24, 2.45) is 35.5 Å². The van der Waals surface area contributed by atoms with E-state index < -0.39 is 0 Å². The van der Waals surface area contributed by atoms with Gasteiger partial charge in [0.15, 0.2) is 0 Å². The lowest BCUT2D eigenvalue weighted by Crippen LogP contribution is -2.42. The molecule has 0 spiro atoms. The molecule has 0 bridgehead atoms. The van der Waals surface area contributed by atoms with E-state index in [2.05, 4.69) is 13.0 Å². The van der Waals surface area contributed by atoms with Gasteiger partial charge in [-0.25, -0.2) is 0 Å². The molecule has 28 heavy (non-hydrogen) atoms. The molecule has 0 aliphatic heterocycles. The summed E-state index contributed by atoms with van der Waals surface area (Å²) in [6.45, 7) is 2.32. The second kappa shape index (κ2) is 8.68. The molecule has 0 heterocycles. The van der Waals surface area contributed by atoms with Crippen LogP contribution in [-0.4, -0.2) is 5.97 Å². The number of nitrogens with zero attached hydrogens (tertiary/aromatic N) is 1. The molecule has 0 saturated heterocycles. The Balaban J connectivity index is 1.33. The molecular formula is C25H33NO2. The molecule has 6 atom stereocenters. The standard InChI is InChI=1S/C25H33NO2/c1-2-3-17-6-12-23-19(14-17)7-8-20-15-21(9-13-24(20)23)25(27)28-22-10-4-18(16-26)5-11-22/h4-5,10-11,17,19-21,23-24H,2-3,6-9,12-15H2,1H3. The predicted molar refractivity (Wildman–Crippen MR) is 110 cm³/mol. The van der Waals surface area contributed by atoms with Crippen molar-refractivity contribution in [1.82, 2.24) is 0 Å². The van der Waals surface area contributed by atoms with Crippen LogP contribution in [0.3, 0.4) is 0 Å². The van der Waals surface area contributed by atoms with Gasteiger partial charge < -0.3 is 4.74 Å². The zero-order valence-electron chi connectivity index (χ0n) is 17.1. The molecule has 3 aliphatic rings. The number of benzene rings is 1. The summed E-state index contributed by atoms with van der Waals surface area (Å²) in [5.41, 5.74) is 0.589. The summed E-state index contributed by atoms with van der Waals surface area (Å²) < 4.78 is 5.63. The second-order valence-corrected chi connectivity index (χ2v) is 9.46. The molecule has 0 aromatic heterocycles. The van der Waals surface area contributed by atoms with Gasteiger partial charge in [-0.15, -0.1) is 0 Å². The summed E-state index contributed by atoms with van der Waals surface area (Å²) in [6.07, 6.45) is 13.0. The van der Waals surface area contributed by atoms with E-state index in [-0.39, 0.29) is 11.9 Å². The van der Waals surface area contributed by atoms with Gasteiger partial charge in [-0.2, -0.15) is 5.26 Å². The summed E-state index contributed by atoms with van der Waals surface area (Å²) in [6, 6.07) is 8.95. The predicted octanol–water partition coefficient (Wildman–Crippen LogP) is 6.12. The van der Waals surface area contributed by atoms with E-state index in [0.29, 0.717) is 11.3 Å². The molecule has 0 amide bonds. The number of carbonyl (C=O) groups excluding carboxylic acids is 1. The Bertz CT molecular complexity index is 719. The van der Waals surface area contributed by atoms with Gasteiger partial charge in [-0.3, -0.25) is 4.79 Å². The average Bonchev–Trinajstić information content (AvgIpc) is 2.74. The molecule has 4 rings (SSSR count). The molecule has 6 unspecified atom stereocenters. The Morgan fingerprint density at radius 2 is 1.68 bits per heavy atom. The van der Waals surface area contributed by atoms with E-state index in [9.17, 15) is 4.79 Å². The highest BCUT2D eigenvalue weighted by Crippen LogP contribution is 2.53. The molecule has 0 N–H and O–H groups in total. The van der Waals surface area contributed by atoms with Gasteiger partial charge in [0.2, 0.25) is 0 Å². The summed E-state index contributed by atoms with van der Waals surface area (Å²) >= 11 is 0. The molecule has 3 nitrogen and oxygen atoms in total. The van der Waals surface area contributed by atoms with Crippen LogP contribution in [0.1, 0.15) is 76.7 Å². The fraction of sp³-hybridized carbons (Fsp3) is 0.680. The number of carbonyl (C=O) groups is 1.